The summed E-state index contributed by atoms with van der Waals surface area (Å²) in [7, 11) is 0. The quantitative estimate of drug-likeness (QED) is 0.208. The van der Waals surface area contributed by atoms with Crippen molar-refractivity contribution in [3.8, 4) is 33.8 Å². The lowest BCUT2D eigenvalue weighted by molar-refractivity contribution is 0.475. The fraction of sp³-hybridized carbons (Fsp3) is 0. The van der Waals surface area contributed by atoms with Gasteiger partial charge in [0.15, 0.2) is 11.4 Å². The van der Waals surface area contributed by atoms with Gasteiger partial charge in [0.25, 0.3) is 0 Å². The minimum atomic E-state index is -0.168. The first-order valence-corrected chi connectivity index (χ1v) is 11.5. The SMILES string of the molecule is [C-]#[N+]C(=C\c1ccc(O)cc1)/C(=C/c1c(Cl)c(Cl)c(O)c(-c2ccccc2)c1-c1ccccc1)[N+]#[C-]. The summed E-state index contributed by atoms with van der Waals surface area (Å²) in [5.41, 5.74) is 3.74. The van der Waals surface area contributed by atoms with E-state index in [1.807, 2.05) is 60.7 Å². The number of benzene rings is 4. The van der Waals surface area contributed by atoms with E-state index in [1.165, 1.54) is 18.2 Å². The molecular weight excluding hydrogens is 491 g/mol. The number of halogens is 2. The van der Waals surface area contributed by atoms with E-state index in [1.54, 1.807) is 18.2 Å². The minimum absolute atomic E-state index is 0.0438. The first kappa shape index (κ1) is 24.6. The van der Waals surface area contributed by atoms with E-state index >= 15 is 0 Å². The smallest absolute Gasteiger partial charge is 0.195 e. The first-order valence-electron chi connectivity index (χ1n) is 10.8. The van der Waals surface area contributed by atoms with Crippen LogP contribution in [-0.4, -0.2) is 10.2 Å². The molecule has 0 heterocycles. The number of rotatable bonds is 5. The molecule has 0 radical (unpaired) electrons. The van der Waals surface area contributed by atoms with E-state index in [9.17, 15) is 10.2 Å². The number of phenolic OH excluding ortho intramolecular Hbond substituents is 2. The summed E-state index contributed by atoms with van der Waals surface area (Å²) >= 11 is 13.2. The Morgan fingerprint density at radius 2 is 1.14 bits per heavy atom. The lowest BCUT2D eigenvalue weighted by Gasteiger charge is -2.19. The molecule has 4 aromatic rings. The summed E-state index contributed by atoms with van der Waals surface area (Å²) in [6, 6.07) is 24.9. The molecule has 0 aromatic heterocycles. The fourth-order valence-electron chi connectivity index (χ4n) is 3.81. The maximum absolute atomic E-state index is 11.1. The molecule has 0 fully saturated rings. The predicted molar refractivity (Wildman–Crippen MR) is 146 cm³/mol. The van der Waals surface area contributed by atoms with Gasteiger partial charge in [-0.1, -0.05) is 108 Å². The third kappa shape index (κ3) is 4.97. The predicted octanol–water partition coefficient (Wildman–Crippen LogP) is 8.96. The highest BCUT2D eigenvalue weighted by atomic mass is 35.5. The van der Waals surface area contributed by atoms with Crippen LogP contribution in [0.15, 0.2) is 96.3 Å². The van der Waals surface area contributed by atoms with E-state index in [0.29, 0.717) is 22.3 Å². The van der Waals surface area contributed by atoms with Gasteiger partial charge in [-0.2, -0.15) is 0 Å². The Morgan fingerprint density at radius 3 is 1.67 bits per heavy atom. The van der Waals surface area contributed by atoms with Crippen LogP contribution in [0.3, 0.4) is 0 Å². The van der Waals surface area contributed by atoms with Crippen molar-refractivity contribution in [1.29, 1.82) is 0 Å². The van der Waals surface area contributed by atoms with Gasteiger partial charge in [-0.25, -0.2) is 0 Å². The molecule has 6 heteroatoms. The maximum Gasteiger partial charge on any atom is 0.195 e. The molecule has 0 aliphatic heterocycles. The average molecular weight is 509 g/mol. The van der Waals surface area contributed by atoms with Gasteiger partial charge in [-0.3, -0.25) is 9.69 Å². The molecule has 0 aliphatic carbocycles. The summed E-state index contributed by atoms with van der Waals surface area (Å²) in [6.07, 6.45) is 3.09. The van der Waals surface area contributed by atoms with Crippen LogP contribution >= 0.6 is 23.2 Å². The van der Waals surface area contributed by atoms with Gasteiger partial charge in [0, 0.05) is 11.1 Å². The van der Waals surface area contributed by atoms with E-state index in [4.69, 9.17) is 36.3 Å². The van der Waals surface area contributed by atoms with Crippen LogP contribution in [0.25, 0.3) is 44.1 Å². The zero-order valence-corrected chi connectivity index (χ0v) is 20.3. The Hall–Kier alpha value is -4.48. The number of phenols is 2. The molecule has 0 unspecified atom stereocenters. The molecule has 0 atom stereocenters. The molecule has 0 amide bonds. The van der Waals surface area contributed by atoms with Gasteiger partial charge < -0.3 is 10.2 Å². The molecule has 0 bridgehead atoms. The molecule has 174 valence electrons. The van der Waals surface area contributed by atoms with E-state index < -0.39 is 0 Å². The van der Waals surface area contributed by atoms with Crippen molar-refractivity contribution < 1.29 is 10.2 Å². The van der Waals surface area contributed by atoms with E-state index in [2.05, 4.69) is 9.69 Å². The second-order valence-electron chi connectivity index (χ2n) is 7.75. The van der Waals surface area contributed by atoms with Gasteiger partial charge in [0.05, 0.1) is 18.2 Å². The Kier molecular flexibility index (Phi) is 7.42. The number of aromatic hydroxyl groups is 2. The largest absolute Gasteiger partial charge is 0.508 e. The van der Waals surface area contributed by atoms with Crippen LogP contribution in [0.1, 0.15) is 11.1 Å². The Morgan fingerprint density at radius 1 is 0.639 bits per heavy atom. The Bertz CT molecular complexity index is 1560. The van der Waals surface area contributed by atoms with Gasteiger partial charge >= 0.3 is 0 Å². The van der Waals surface area contributed by atoms with Crippen molar-refractivity contribution in [2.45, 2.75) is 0 Å². The number of hydrogen-bond acceptors (Lipinski definition) is 2. The molecule has 0 aliphatic rings. The molecule has 4 aromatic carbocycles. The first-order chi connectivity index (χ1) is 17.4. The zero-order valence-electron chi connectivity index (χ0n) is 18.8. The summed E-state index contributed by atoms with van der Waals surface area (Å²) in [6.45, 7) is 15.5. The van der Waals surface area contributed by atoms with Crippen LogP contribution in [-0.2, 0) is 0 Å². The lowest BCUT2D eigenvalue weighted by atomic mass is 9.89. The van der Waals surface area contributed by atoms with Crippen molar-refractivity contribution in [2.24, 2.45) is 0 Å². The van der Waals surface area contributed by atoms with Crippen molar-refractivity contribution in [2.75, 3.05) is 0 Å². The average Bonchev–Trinajstić information content (AvgIpc) is 2.92. The maximum atomic E-state index is 11.1. The third-order valence-electron chi connectivity index (χ3n) is 5.50. The molecule has 0 saturated carbocycles. The topological polar surface area (TPSA) is 49.2 Å². The van der Waals surface area contributed by atoms with Gasteiger partial charge in [0.1, 0.15) is 16.5 Å². The molecular formula is C30H18Cl2N2O2. The number of hydrogen-bond donors (Lipinski definition) is 2. The molecule has 4 rings (SSSR count). The van der Waals surface area contributed by atoms with Crippen molar-refractivity contribution in [3.05, 3.63) is 140 Å². The second kappa shape index (κ2) is 10.8. The standard InChI is InChI=1S/C30H18Cl2N2O2/c1-33-24(17-19-13-15-22(35)16-14-19)25(34-2)18-23-26(20-9-5-3-6-10-20)27(21-11-7-4-8-12-21)30(36)29(32)28(23)31/h3-18,35-36H/b24-17-,25-18-. The normalized spacial score (nSPS) is 11.6. The Balaban J connectivity index is 2.04. The summed E-state index contributed by atoms with van der Waals surface area (Å²) in [4.78, 5) is 7.18. The summed E-state index contributed by atoms with van der Waals surface area (Å²) in [5.74, 6) is -0.0674. The van der Waals surface area contributed by atoms with E-state index in [-0.39, 0.29) is 32.9 Å². The van der Waals surface area contributed by atoms with Gasteiger partial charge in [0.2, 0.25) is 0 Å². The van der Waals surface area contributed by atoms with Gasteiger partial charge in [-0.05, 0) is 34.4 Å². The summed E-state index contributed by atoms with van der Waals surface area (Å²) in [5, 5.41) is 20.7. The highest BCUT2D eigenvalue weighted by molar-refractivity contribution is 6.45. The van der Waals surface area contributed by atoms with Gasteiger partial charge in [-0.15, -0.1) is 0 Å². The summed E-state index contributed by atoms with van der Waals surface area (Å²) < 4.78 is 0. The minimum Gasteiger partial charge on any atom is -0.508 e. The molecule has 4 nitrogen and oxygen atoms in total. The van der Waals surface area contributed by atoms with Crippen molar-refractivity contribution >= 4 is 35.4 Å². The molecule has 0 spiro atoms. The fourth-order valence-corrected chi connectivity index (χ4v) is 4.25. The van der Waals surface area contributed by atoms with Crippen LogP contribution in [0.2, 0.25) is 10.0 Å². The highest BCUT2D eigenvalue weighted by Gasteiger charge is 2.24. The van der Waals surface area contributed by atoms with Crippen LogP contribution in [0.4, 0.5) is 0 Å². The molecule has 2 N–H and O–H groups in total. The van der Waals surface area contributed by atoms with E-state index in [0.717, 1.165) is 11.1 Å². The van der Waals surface area contributed by atoms with Crippen LogP contribution in [0.5, 0.6) is 11.5 Å². The molecule has 0 saturated heterocycles. The molecule has 36 heavy (non-hydrogen) atoms. The highest BCUT2D eigenvalue weighted by Crippen LogP contribution is 2.50. The van der Waals surface area contributed by atoms with Crippen LogP contribution in [0, 0.1) is 13.1 Å². The second-order valence-corrected chi connectivity index (χ2v) is 8.50. The van der Waals surface area contributed by atoms with Crippen molar-refractivity contribution in [3.63, 3.8) is 0 Å². The third-order valence-corrected chi connectivity index (χ3v) is 6.36. The monoisotopic (exact) mass is 508 g/mol. The van der Waals surface area contributed by atoms with Crippen molar-refractivity contribution in [1.82, 2.24) is 0 Å². The zero-order chi connectivity index (χ0) is 25.7. The lowest BCUT2D eigenvalue weighted by Crippen LogP contribution is -1.94. The van der Waals surface area contributed by atoms with Crippen LogP contribution < -0.4 is 0 Å². The number of nitrogens with zero attached hydrogens (tertiary/aromatic N) is 2. The Labute approximate surface area is 219 Å².